The fourth-order valence-corrected chi connectivity index (χ4v) is 5.67. The van der Waals surface area contributed by atoms with E-state index < -0.39 is 6.04 Å². The van der Waals surface area contributed by atoms with Gasteiger partial charge in [0.05, 0.1) is 0 Å². The molecule has 0 aromatic heterocycles. The molecule has 5 rings (SSSR count). The van der Waals surface area contributed by atoms with E-state index in [0.717, 1.165) is 29.8 Å². The number of amides is 3. The monoisotopic (exact) mass is 410 g/mol. The van der Waals surface area contributed by atoms with E-state index in [2.05, 4.69) is 22.6 Å². The Bertz CT molecular complexity index is 888. The number of hydrogen-bond donors (Lipinski definition) is 2. The minimum atomic E-state index is -0.561. The molecule has 3 fully saturated rings. The molecule has 2 atom stereocenters. The average molecular weight is 411 g/mol. The van der Waals surface area contributed by atoms with Crippen molar-refractivity contribution in [1.82, 2.24) is 20.4 Å². The highest BCUT2D eigenvalue weighted by molar-refractivity contribution is 6.06. The minimum Gasteiger partial charge on any atom is -0.322 e. The van der Waals surface area contributed by atoms with Crippen LogP contribution in [0.5, 0.6) is 0 Å². The fraction of sp³-hybridized carbons (Fsp3) is 0.609. The summed E-state index contributed by atoms with van der Waals surface area (Å²) in [4.78, 5) is 41.2. The van der Waals surface area contributed by atoms with E-state index in [0.29, 0.717) is 19.0 Å². The van der Waals surface area contributed by atoms with Crippen molar-refractivity contribution in [2.75, 3.05) is 13.6 Å². The zero-order valence-corrected chi connectivity index (χ0v) is 17.6. The molecule has 1 aromatic rings. The SMILES string of the molecule is CN(Cc1cccc2c1C(=O)N(C1CCC(=O)NC1=O)C2)C1(C2CCCCN2)CC1. The highest BCUT2D eigenvalue weighted by Crippen LogP contribution is 2.47. The summed E-state index contributed by atoms with van der Waals surface area (Å²) in [5.41, 5.74) is 2.98. The maximum atomic E-state index is 13.3. The lowest BCUT2D eigenvalue weighted by atomic mass is 9.94. The highest BCUT2D eigenvalue weighted by Gasteiger charge is 2.52. The first-order valence-corrected chi connectivity index (χ1v) is 11.2. The Balaban J connectivity index is 1.35. The molecule has 3 amide bonds. The summed E-state index contributed by atoms with van der Waals surface area (Å²) < 4.78 is 0. The molecule has 0 radical (unpaired) electrons. The van der Waals surface area contributed by atoms with Crippen LogP contribution in [0, 0.1) is 0 Å². The molecule has 2 unspecified atom stereocenters. The van der Waals surface area contributed by atoms with Crippen LogP contribution in [0.2, 0.25) is 0 Å². The van der Waals surface area contributed by atoms with Gasteiger partial charge in [-0.25, -0.2) is 0 Å². The Hall–Kier alpha value is -2.25. The predicted octanol–water partition coefficient (Wildman–Crippen LogP) is 1.55. The van der Waals surface area contributed by atoms with Crippen LogP contribution >= 0.6 is 0 Å². The third-order valence-corrected chi connectivity index (χ3v) is 7.53. The zero-order valence-electron chi connectivity index (χ0n) is 17.6. The molecular formula is C23H30N4O3. The maximum Gasteiger partial charge on any atom is 0.255 e. The lowest BCUT2D eigenvalue weighted by Gasteiger charge is -2.38. The predicted molar refractivity (Wildman–Crippen MR) is 112 cm³/mol. The van der Waals surface area contributed by atoms with Gasteiger partial charge in [0.15, 0.2) is 0 Å². The second-order valence-electron chi connectivity index (χ2n) is 9.31. The quantitative estimate of drug-likeness (QED) is 0.720. The van der Waals surface area contributed by atoms with Gasteiger partial charge in [-0.3, -0.25) is 24.6 Å². The largest absolute Gasteiger partial charge is 0.322 e. The number of piperidine rings is 2. The second-order valence-corrected chi connectivity index (χ2v) is 9.31. The number of nitrogens with zero attached hydrogens (tertiary/aromatic N) is 2. The van der Waals surface area contributed by atoms with Gasteiger partial charge < -0.3 is 10.2 Å². The van der Waals surface area contributed by atoms with E-state index in [9.17, 15) is 14.4 Å². The van der Waals surface area contributed by atoms with E-state index in [1.807, 2.05) is 18.2 Å². The molecule has 4 aliphatic rings. The summed E-state index contributed by atoms with van der Waals surface area (Å²) in [6, 6.07) is 6.02. The first-order chi connectivity index (χ1) is 14.5. The molecule has 0 spiro atoms. The molecule has 0 bridgehead atoms. The molecule has 30 heavy (non-hydrogen) atoms. The lowest BCUT2D eigenvalue weighted by molar-refractivity contribution is -0.136. The Morgan fingerprint density at radius 1 is 1.17 bits per heavy atom. The first-order valence-electron chi connectivity index (χ1n) is 11.2. The summed E-state index contributed by atoms with van der Waals surface area (Å²) in [6.07, 6.45) is 6.85. The third kappa shape index (κ3) is 3.24. The van der Waals surface area contributed by atoms with Crippen molar-refractivity contribution in [3.8, 4) is 0 Å². The average Bonchev–Trinajstić information content (AvgIpc) is 3.49. The van der Waals surface area contributed by atoms with Gasteiger partial charge in [-0.05, 0) is 56.8 Å². The first kappa shape index (κ1) is 19.7. The van der Waals surface area contributed by atoms with Crippen molar-refractivity contribution in [3.05, 3.63) is 34.9 Å². The van der Waals surface area contributed by atoms with Crippen molar-refractivity contribution in [3.63, 3.8) is 0 Å². The number of hydrogen-bond acceptors (Lipinski definition) is 5. The molecule has 3 aliphatic heterocycles. The van der Waals surface area contributed by atoms with Crippen LogP contribution in [0.25, 0.3) is 0 Å². The van der Waals surface area contributed by atoms with E-state index in [1.54, 1.807) is 4.90 Å². The van der Waals surface area contributed by atoms with Crippen molar-refractivity contribution in [2.24, 2.45) is 0 Å². The molecule has 3 heterocycles. The molecule has 7 nitrogen and oxygen atoms in total. The van der Waals surface area contributed by atoms with E-state index in [1.165, 1.54) is 32.1 Å². The third-order valence-electron chi connectivity index (χ3n) is 7.53. The summed E-state index contributed by atoms with van der Waals surface area (Å²) in [5, 5.41) is 6.10. The van der Waals surface area contributed by atoms with Crippen molar-refractivity contribution in [1.29, 1.82) is 0 Å². The molecule has 2 saturated heterocycles. The molecule has 2 N–H and O–H groups in total. The molecular weight excluding hydrogens is 380 g/mol. The number of benzene rings is 1. The van der Waals surface area contributed by atoms with Gasteiger partial charge in [-0.1, -0.05) is 24.6 Å². The fourth-order valence-electron chi connectivity index (χ4n) is 5.67. The van der Waals surface area contributed by atoms with Crippen LogP contribution in [0.4, 0.5) is 0 Å². The Kier molecular flexibility index (Phi) is 4.90. The lowest BCUT2D eigenvalue weighted by Crippen LogP contribution is -2.53. The zero-order chi connectivity index (χ0) is 20.9. The van der Waals surface area contributed by atoms with Crippen molar-refractivity contribution < 1.29 is 14.4 Å². The van der Waals surface area contributed by atoms with E-state index in [-0.39, 0.29) is 29.7 Å². The number of carbonyl (C=O) groups is 3. The van der Waals surface area contributed by atoms with Gasteiger partial charge in [0.25, 0.3) is 5.91 Å². The van der Waals surface area contributed by atoms with E-state index >= 15 is 0 Å². The summed E-state index contributed by atoms with van der Waals surface area (Å²) in [6.45, 7) is 2.27. The number of nitrogens with one attached hydrogen (secondary N) is 2. The van der Waals surface area contributed by atoms with Crippen LogP contribution in [-0.4, -0.2) is 58.7 Å². The number of carbonyl (C=O) groups excluding carboxylic acids is 3. The van der Waals surface area contributed by atoms with Gasteiger partial charge in [0, 0.05) is 36.7 Å². The van der Waals surface area contributed by atoms with Crippen LogP contribution in [-0.2, 0) is 22.7 Å². The number of fused-ring (bicyclic) bond motifs is 1. The van der Waals surface area contributed by atoms with Crippen LogP contribution in [0.1, 0.15) is 66.4 Å². The van der Waals surface area contributed by atoms with Gasteiger partial charge in [-0.2, -0.15) is 0 Å². The smallest absolute Gasteiger partial charge is 0.255 e. The van der Waals surface area contributed by atoms with Crippen LogP contribution in [0.15, 0.2) is 18.2 Å². The molecule has 1 aromatic carbocycles. The summed E-state index contributed by atoms with van der Waals surface area (Å²) in [7, 11) is 2.18. The van der Waals surface area contributed by atoms with Crippen molar-refractivity contribution >= 4 is 17.7 Å². The maximum absolute atomic E-state index is 13.3. The Morgan fingerprint density at radius 3 is 2.70 bits per heavy atom. The number of imide groups is 1. The second kappa shape index (κ2) is 7.46. The van der Waals surface area contributed by atoms with Crippen LogP contribution < -0.4 is 10.6 Å². The van der Waals surface area contributed by atoms with E-state index in [4.69, 9.17) is 0 Å². The molecule has 7 heteroatoms. The molecule has 160 valence electrons. The van der Waals surface area contributed by atoms with Gasteiger partial charge in [0.2, 0.25) is 11.8 Å². The molecule has 1 aliphatic carbocycles. The van der Waals surface area contributed by atoms with Gasteiger partial charge in [-0.15, -0.1) is 0 Å². The highest BCUT2D eigenvalue weighted by atomic mass is 16.2. The topological polar surface area (TPSA) is 81.8 Å². The Labute approximate surface area is 177 Å². The van der Waals surface area contributed by atoms with Gasteiger partial charge in [0.1, 0.15) is 6.04 Å². The number of rotatable bonds is 5. The van der Waals surface area contributed by atoms with Gasteiger partial charge >= 0.3 is 0 Å². The summed E-state index contributed by atoms with van der Waals surface area (Å²) in [5.74, 6) is -0.690. The standard InChI is InChI=1S/C23H30N4O3/c1-26(23(10-11-23)18-7-2-3-12-24-18)13-15-5-4-6-16-14-27(22(30)20(15)16)17-8-9-19(28)25-21(17)29/h4-6,17-18,24H,2-3,7-14H2,1H3,(H,25,28,29). The minimum absolute atomic E-state index is 0.0795. The number of likely N-dealkylation sites (N-methyl/N-ethyl adjacent to an activating group) is 1. The van der Waals surface area contributed by atoms with Crippen LogP contribution in [0.3, 0.4) is 0 Å². The Morgan fingerprint density at radius 2 is 2.00 bits per heavy atom. The summed E-state index contributed by atoms with van der Waals surface area (Å²) >= 11 is 0. The molecule has 1 saturated carbocycles. The normalized spacial score (nSPS) is 27.9. The van der Waals surface area contributed by atoms with Crippen molar-refractivity contribution in [2.45, 2.75) is 75.7 Å².